The first-order chi connectivity index (χ1) is 21.2. The second-order valence-electron chi connectivity index (χ2n) is 10.9. The van der Waals surface area contributed by atoms with Crippen molar-refractivity contribution in [1.29, 1.82) is 0 Å². The summed E-state index contributed by atoms with van der Waals surface area (Å²) in [7, 11) is 0. The van der Waals surface area contributed by atoms with Crippen molar-refractivity contribution in [1.82, 2.24) is 25.4 Å². The standard InChI is InChI=1S/C31H39Cl2N7O4/c1-22(41)37-17-23-2-7-40(8-3-23)20-24-12-29(25-14-26(32)16-27(33)15-25)38-30(13-24)44-28-18-34-5-10-39(9-4-31(42)43)11-6-35-21-36-19-28/h12-16,18-19,21,23H,2-11,17,20H2,1H3,(H,35,36)(H,37,41)(H,42,43)/b28-19+,34-18-. The highest BCUT2D eigenvalue weighted by atomic mass is 35.5. The van der Waals surface area contributed by atoms with Gasteiger partial charge in [-0.2, -0.15) is 0 Å². The number of hydrogen-bond donors (Lipinski definition) is 3. The molecule has 0 atom stereocenters. The van der Waals surface area contributed by atoms with Gasteiger partial charge in [0.2, 0.25) is 11.8 Å². The van der Waals surface area contributed by atoms with E-state index in [0.717, 1.165) is 37.1 Å². The highest BCUT2D eigenvalue weighted by Gasteiger charge is 2.20. The molecular weight excluding hydrogens is 605 g/mol. The number of hydrogen-bond acceptors (Lipinski definition) is 9. The lowest BCUT2D eigenvalue weighted by molar-refractivity contribution is -0.137. The average molecular weight is 645 g/mol. The Morgan fingerprint density at radius 3 is 2.57 bits per heavy atom. The number of piperidine rings is 1. The average Bonchev–Trinajstić information content (AvgIpc) is 2.97. The Balaban J connectivity index is 1.52. The molecule has 236 valence electrons. The van der Waals surface area contributed by atoms with Crippen molar-refractivity contribution in [3.8, 4) is 17.1 Å². The summed E-state index contributed by atoms with van der Waals surface area (Å²) < 4.78 is 6.23. The third kappa shape index (κ3) is 11.5. The first-order valence-electron chi connectivity index (χ1n) is 14.7. The number of nitrogens with one attached hydrogen (secondary N) is 2. The van der Waals surface area contributed by atoms with E-state index in [0.29, 0.717) is 79.1 Å². The molecule has 44 heavy (non-hydrogen) atoms. The van der Waals surface area contributed by atoms with Crippen LogP contribution in [0.25, 0.3) is 11.3 Å². The number of carbonyl (C=O) groups is 2. The Kier molecular flexibility index (Phi) is 13.0. The van der Waals surface area contributed by atoms with E-state index in [2.05, 4.69) is 25.5 Å². The fraction of sp³-hybridized carbons (Fsp3) is 0.452. The number of ether oxygens (including phenoxy) is 1. The number of rotatable bonds is 10. The number of likely N-dealkylation sites (tertiary alicyclic amines) is 1. The summed E-state index contributed by atoms with van der Waals surface area (Å²) in [6.45, 7) is 7.65. The van der Waals surface area contributed by atoms with Gasteiger partial charge in [-0.05, 0) is 61.7 Å². The number of carboxylic acid groups (broad SMARTS) is 1. The molecule has 2 aliphatic rings. The molecule has 1 aromatic heterocycles. The lowest BCUT2D eigenvalue weighted by Gasteiger charge is -2.32. The number of carboxylic acids is 1. The van der Waals surface area contributed by atoms with Crippen molar-refractivity contribution in [2.24, 2.45) is 15.9 Å². The summed E-state index contributed by atoms with van der Waals surface area (Å²) in [6, 6.07) is 9.26. The van der Waals surface area contributed by atoms with Crippen LogP contribution >= 0.6 is 23.2 Å². The number of aromatic nitrogens is 1. The Labute approximate surface area is 268 Å². The summed E-state index contributed by atoms with van der Waals surface area (Å²) in [5.74, 6) is 0.437. The summed E-state index contributed by atoms with van der Waals surface area (Å²) >= 11 is 12.6. The van der Waals surface area contributed by atoms with Gasteiger partial charge in [0.1, 0.15) is 0 Å². The normalized spacial score (nSPS) is 19.8. The lowest BCUT2D eigenvalue weighted by Crippen LogP contribution is -2.37. The molecule has 1 aromatic carbocycles. The maximum atomic E-state index is 11.3. The van der Waals surface area contributed by atoms with Gasteiger partial charge in [-0.1, -0.05) is 23.2 Å². The molecule has 0 aliphatic carbocycles. The highest BCUT2D eigenvalue weighted by molar-refractivity contribution is 6.35. The summed E-state index contributed by atoms with van der Waals surface area (Å²) in [5, 5.41) is 16.1. The Hall–Kier alpha value is -3.51. The predicted molar refractivity (Wildman–Crippen MR) is 174 cm³/mol. The van der Waals surface area contributed by atoms with E-state index < -0.39 is 5.97 Å². The van der Waals surface area contributed by atoms with Crippen LogP contribution in [0.5, 0.6) is 5.88 Å². The van der Waals surface area contributed by atoms with Crippen molar-refractivity contribution in [2.75, 3.05) is 52.4 Å². The minimum atomic E-state index is -0.826. The first kappa shape index (κ1) is 33.4. The molecular formula is C31H39Cl2N7O4. The number of benzene rings is 1. The smallest absolute Gasteiger partial charge is 0.304 e. The lowest BCUT2D eigenvalue weighted by atomic mass is 9.96. The van der Waals surface area contributed by atoms with E-state index in [1.807, 2.05) is 29.2 Å². The zero-order valence-electron chi connectivity index (χ0n) is 24.8. The number of pyridine rings is 1. The SMILES string of the molecule is CC(=O)NCC1CCN(Cc2cc(OC3=C/N=C/NCCN(CCC(=O)O)CC/N=C\3)nc(-c3cc(Cl)cc(Cl)c3)c2)CC1. The maximum absolute atomic E-state index is 11.3. The van der Waals surface area contributed by atoms with E-state index >= 15 is 0 Å². The second kappa shape index (κ2) is 17.1. The zero-order chi connectivity index (χ0) is 31.3. The molecule has 3 N–H and O–H groups in total. The minimum absolute atomic E-state index is 0.00624. The van der Waals surface area contributed by atoms with Gasteiger partial charge < -0.3 is 20.5 Å². The molecule has 3 heterocycles. The number of halogens is 2. The largest absolute Gasteiger partial charge is 0.481 e. The molecule has 1 amide bonds. The summed E-state index contributed by atoms with van der Waals surface area (Å²) in [5.41, 5.74) is 2.46. The van der Waals surface area contributed by atoms with E-state index in [1.165, 1.54) is 0 Å². The quantitative estimate of drug-likeness (QED) is 0.353. The van der Waals surface area contributed by atoms with Gasteiger partial charge in [-0.15, -0.1) is 0 Å². The second-order valence-corrected chi connectivity index (χ2v) is 11.8. The molecule has 1 saturated heterocycles. The zero-order valence-corrected chi connectivity index (χ0v) is 26.4. The fourth-order valence-corrected chi connectivity index (χ4v) is 5.57. The third-order valence-corrected chi connectivity index (χ3v) is 7.78. The number of aliphatic carboxylic acids is 1. The first-order valence-corrected chi connectivity index (χ1v) is 15.5. The molecule has 2 aliphatic heterocycles. The Morgan fingerprint density at radius 1 is 1.07 bits per heavy atom. The van der Waals surface area contributed by atoms with Gasteiger partial charge in [0.25, 0.3) is 0 Å². The van der Waals surface area contributed by atoms with Crippen LogP contribution in [0.2, 0.25) is 10.0 Å². The topological polar surface area (TPSA) is 132 Å². The van der Waals surface area contributed by atoms with Crippen LogP contribution in [-0.4, -0.2) is 96.7 Å². The molecule has 1 fully saturated rings. The molecule has 0 bridgehead atoms. The highest BCUT2D eigenvalue weighted by Crippen LogP contribution is 2.30. The van der Waals surface area contributed by atoms with Gasteiger partial charge in [-0.25, -0.2) is 9.98 Å². The Morgan fingerprint density at radius 2 is 1.84 bits per heavy atom. The Bertz CT molecular complexity index is 1360. The van der Waals surface area contributed by atoms with Gasteiger partial charge in [0.15, 0.2) is 5.76 Å². The van der Waals surface area contributed by atoms with Gasteiger partial charge in [0, 0.05) is 67.9 Å². The van der Waals surface area contributed by atoms with E-state index in [9.17, 15) is 9.59 Å². The molecule has 0 saturated carbocycles. The molecule has 0 spiro atoms. The van der Waals surface area contributed by atoms with Crippen molar-refractivity contribution in [2.45, 2.75) is 32.7 Å². The van der Waals surface area contributed by atoms with Crippen molar-refractivity contribution in [3.63, 3.8) is 0 Å². The van der Waals surface area contributed by atoms with Crippen molar-refractivity contribution >= 4 is 47.6 Å². The third-order valence-electron chi connectivity index (χ3n) is 7.34. The fourth-order valence-electron chi connectivity index (χ4n) is 5.05. The molecule has 2 aromatic rings. The number of carbonyl (C=O) groups excluding carboxylic acids is 1. The van der Waals surface area contributed by atoms with Crippen LogP contribution in [-0.2, 0) is 16.1 Å². The predicted octanol–water partition coefficient (Wildman–Crippen LogP) is 4.10. The monoisotopic (exact) mass is 643 g/mol. The van der Waals surface area contributed by atoms with Crippen LogP contribution in [0.1, 0.15) is 31.7 Å². The van der Waals surface area contributed by atoms with Crippen molar-refractivity contribution in [3.05, 3.63) is 57.9 Å². The molecule has 0 unspecified atom stereocenters. The van der Waals surface area contributed by atoms with Crippen LogP contribution in [0, 0.1) is 5.92 Å². The summed E-state index contributed by atoms with van der Waals surface area (Å²) in [6.07, 6.45) is 6.85. The number of aliphatic imine (C=N–C) groups is 2. The van der Waals surface area contributed by atoms with Gasteiger partial charge in [0.05, 0.1) is 37.4 Å². The molecule has 4 rings (SSSR count). The van der Waals surface area contributed by atoms with Crippen LogP contribution in [0.15, 0.2) is 52.3 Å². The van der Waals surface area contributed by atoms with Gasteiger partial charge >= 0.3 is 5.97 Å². The minimum Gasteiger partial charge on any atom is -0.481 e. The number of nitrogens with zero attached hydrogens (tertiary/aromatic N) is 5. The number of allylic oxidation sites excluding steroid dienone is 1. The molecule has 11 nitrogen and oxygen atoms in total. The molecule has 13 heteroatoms. The van der Waals surface area contributed by atoms with Crippen molar-refractivity contribution < 1.29 is 19.4 Å². The van der Waals surface area contributed by atoms with E-state index in [1.54, 1.807) is 31.7 Å². The summed E-state index contributed by atoms with van der Waals surface area (Å²) in [4.78, 5) is 40.4. The maximum Gasteiger partial charge on any atom is 0.304 e. The van der Waals surface area contributed by atoms with Gasteiger partial charge in [-0.3, -0.25) is 24.4 Å². The number of amides is 1. The van der Waals surface area contributed by atoms with Crippen LogP contribution in [0.3, 0.4) is 0 Å². The van der Waals surface area contributed by atoms with E-state index in [-0.39, 0.29) is 12.3 Å². The van der Waals surface area contributed by atoms with E-state index in [4.69, 9.17) is 38.0 Å². The van der Waals surface area contributed by atoms with Crippen LogP contribution in [0.4, 0.5) is 0 Å². The van der Waals surface area contributed by atoms with Crippen LogP contribution < -0.4 is 15.4 Å². The molecule has 0 radical (unpaired) electrons.